The molecule has 1 aromatic carbocycles. The number of rotatable bonds is 5. The van der Waals surface area contributed by atoms with Crippen LogP contribution in [-0.2, 0) is 31.2 Å². The van der Waals surface area contributed by atoms with Crippen molar-refractivity contribution >= 4 is 17.4 Å². The summed E-state index contributed by atoms with van der Waals surface area (Å²) in [4.78, 5) is 19.1. The highest BCUT2D eigenvalue weighted by Gasteiger charge is 2.37. The molecule has 1 saturated carbocycles. The molecule has 4 aliphatic rings. The number of likely N-dealkylation sites (tertiary alicyclic amines) is 1. The Balaban J connectivity index is 1.24. The normalized spacial score (nSPS) is 22.7. The number of fused-ring (bicyclic) bond motifs is 2. The molecule has 1 saturated heterocycles. The minimum Gasteiger partial charge on any atom is -0.338 e. The van der Waals surface area contributed by atoms with Gasteiger partial charge in [-0.05, 0) is 61.8 Å². The Morgan fingerprint density at radius 1 is 1.09 bits per heavy atom. The van der Waals surface area contributed by atoms with Gasteiger partial charge in [-0.25, -0.2) is 8.78 Å². The minimum atomic E-state index is -2.62. The van der Waals surface area contributed by atoms with E-state index in [1.54, 1.807) is 37.1 Å². The summed E-state index contributed by atoms with van der Waals surface area (Å²) in [6.45, 7) is 5.52. The van der Waals surface area contributed by atoms with Crippen molar-refractivity contribution in [1.29, 1.82) is 0 Å². The third-order valence-corrected chi connectivity index (χ3v) is 10.1. The summed E-state index contributed by atoms with van der Waals surface area (Å²) < 4.78 is 32.9. The van der Waals surface area contributed by atoms with Crippen molar-refractivity contribution < 1.29 is 13.6 Å². The molecule has 1 amide bonds. The summed E-state index contributed by atoms with van der Waals surface area (Å²) in [7, 11) is 1.79. The molecule has 0 bridgehead atoms. The van der Waals surface area contributed by atoms with Crippen LogP contribution in [0.4, 0.5) is 20.3 Å². The number of carbonyl (C=O) groups excluding carboxylic acids is 1. The fourth-order valence-electron chi connectivity index (χ4n) is 7.59. The molecule has 2 fully saturated rings. The van der Waals surface area contributed by atoms with Crippen LogP contribution in [0.15, 0.2) is 24.5 Å². The molecule has 5 heterocycles. The van der Waals surface area contributed by atoms with E-state index in [1.165, 1.54) is 5.69 Å². The number of anilines is 2. The lowest BCUT2D eigenvalue weighted by molar-refractivity contribution is -0.129. The van der Waals surface area contributed by atoms with Gasteiger partial charge >= 0.3 is 0 Å². The first-order valence-electron chi connectivity index (χ1n) is 15.6. The van der Waals surface area contributed by atoms with Crippen LogP contribution >= 0.6 is 0 Å². The first-order valence-corrected chi connectivity index (χ1v) is 15.6. The minimum absolute atomic E-state index is 0.00718. The monoisotopic (exact) mass is 587 g/mol. The van der Waals surface area contributed by atoms with Crippen molar-refractivity contribution in [3.8, 4) is 23.5 Å². The second kappa shape index (κ2) is 11.1. The van der Waals surface area contributed by atoms with E-state index in [4.69, 9.17) is 11.5 Å². The zero-order valence-electron chi connectivity index (χ0n) is 25.0. The standard InChI is InChI=1S/C33H39F2N7O/c1-4-22-14-26(15-22)39-11-7-25(8-12-39)42-30-9-13-40(21(2)43)20-29(30)33(37-42)41-10-5-6-23-16-27(24-18-36-38(3)19-24)28(32(34)35)17-31(23)41/h1,16-19,22,25-26,32H,5-15,20H2,2-3H3. The number of piperidine rings is 1. The van der Waals surface area contributed by atoms with Gasteiger partial charge in [-0.1, -0.05) is 0 Å². The lowest BCUT2D eigenvalue weighted by atomic mass is 9.79. The summed E-state index contributed by atoms with van der Waals surface area (Å²) in [5, 5.41) is 9.50. The zero-order valence-corrected chi connectivity index (χ0v) is 25.0. The van der Waals surface area contributed by atoms with Crippen molar-refractivity contribution in [2.45, 2.75) is 76.9 Å². The number of carbonyl (C=O) groups is 1. The van der Waals surface area contributed by atoms with E-state index in [2.05, 4.69) is 25.5 Å². The van der Waals surface area contributed by atoms with E-state index in [1.807, 2.05) is 11.0 Å². The number of hydrogen-bond acceptors (Lipinski definition) is 5. The first-order chi connectivity index (χ1) is 20.8. The third kappa shape index (κ3) is 5.01. The fraction of sp³-hybridized carbons (Fsp3) is 0.545. The summed E-state index contributed by atoms with van der Waals surface area (Å²) >= 11 is 0. The molecule has 10 heteroatoms. The van der Waals surface area contributed by atoms with Gasteiger partial charge in [-0.15, -0.1) is 12.3 Å². The van der Waals surface area contributed by atoms with Crippen molar-refractivity contribution in [3.05, 3.63) is 46.9 Å². The smallest absolute Gasteiger partial charge is 0.264 e. The molecule has 226 valence electrons. The Kier molecular flexibility index (Phi) is 7.24. The second-order valence-electron chi connectivity index (χ2n) is 12.7. The van der Waals surface area contributed by atoms with Gasteiger partial charge in [0.2, 0.25) is 5.91 Å². The molecule has 2 aromatic heterocycles. The fourth-order valence-corrected chi connectivity index (χ4v) is 7.59. The van der Waals surface area contributed by atoms with Gasteiger partial charge in [-0.3, -0.25) is 14.2 Å². The summed E-state index contributed by atoms with van der Waals surface area (Å²) in [5.41, 5.74) is 5.32. The maximum absolute atomic E-state index is 14.5. The Bertz CT molecular complexity index is 1570. The molecule has 43 heavy (non-hydrogen) atoms. The van der Waals surface area contributed by atoms with E-state index < -0.39 is 6.43 Å². The van der Waals surface area contributed by atoms with Crippen LogP contribution in [0.5, 0.6) is 0 Å². The number of benzene rings is 1. The topological polar surface area (TPSA) is 62.4 Å². The molecule has 0 N–H and O–H groups in total. The first kappa shape index (κ1) is 28.1. The molecular formula is C33H39F2N7O. The number of alkyl halides is 2. The number of aryl methyl sites for hydroxylation is 2. The van der Waals surface area contributed by atoms with Gasteiger partial charge in [0.25, 0.3) is 6.43 Å². The number of aromatic nitrogens is 4. The highest BCUT2D eigenvalue weighted by molar-refractivity contribution is 5.78. The maximum atomic E-state index is 14.5. The van der Waals surface area contributed by atoms with E-state index in [9.17, 15) is 13.6 Å². The van der Waals surface area contributed by atoms with Gasteiger partial charge in [0, 0.05) is 92.8 Å². The molecule has 0 spiro atoms. The maximum Gasteiger partial charge on any atom is 0.264 e. The SMILES string of the molecule is C#CC1CC(N2CCC(n3nc(N4CCCc5cc(-c6cnn(C)c6)c(C(F)F)cc54)c4c3CCN(C(C)=O)C4)CC2)C1. The Hall–Kier alpha value is -3.71. The Morgan fingerprint density at radius 2 is 1.88 bits per heavy atom. The van der Waals surface area contributed by atoms with Gasteiger partial charge in [0.1, 0.15) is 0 Å². The van der Waals surface area contributed by atoms with Gasteiger partial charge in [0.15, 0.2) is 5.82 Å². The van der Waals surface area contributed by atoms with E-state index in [-0.39, 0.29) is 17.5 Å². The lowest BCUT2D eigenvalue weighted by Gasteiger charge is -2.44. The molecule has 0 radical (unpaired) electrons. The number of amides is 1. The van der Waals surface area contributed by atoms with Crippen LogP contribution in [0.1, 0.15) is 73.9 Å². The number of terminal acetylenes is 1. The average molecular weight is 588 g/mol. The van der Waals surface area contributed by atoms with Crippen molar-refractivity contribution in [3.63, 3.8) is 0 Å². The van der Waals surface area contributed by atoms with Crippen molar-refractivity contribution in [2.24, 2.45) is 13.0 Å². The zero-order chi connectivity index (χ0) is 29.8. The highest BCUT2D eigenvalue weighted by atomic mass is 19.3. The third-order valence-electron chi connectivity index (χ3n) is 10.1. The predicted octanol–water partition coefficient (Wildman–Crippen LogP) is 5.26. The van der Waals surface area contributed by atoms with Gasteiger partial charge in [-0.2, -0.15) is 10.2 Å². The molecule has 7 rings (SSSR count). The molecule has 3 aliphatic heterocycles. The van der Waals surface area contributed by atoms with Crippen LogP contribution < -0.4 is 4.90 Å². The molecule has 1 aliphatic carbocycles. The summed E-state index contributed by atoms with van der Waals surface area (Å²) in [5.74, 6) is 4.18. The number of hydrogen-bond donors (Lipinski definition) is 0. The molecular weight excluding hydrogens is 548 g/mol. The van der Waals surface area contributed by atoms with Gasteiger partial charge in [0.05, 0.1) is 18.8 Å². The molecule has 0 unspecified atom stereocenters. The number of nitrogens with zero attached hydrogens (tertiary/aromatic N) is 7. The second-order valence-corrected chi connectivity index (χ2v) is 12.7. The summed E-state index contributed by atoms with van der Waals surface area (Å²) in [6.07, 6.45) is 13.1. The van der Waals surface area contributed by atoms with Crippen LogP contribution in [-0.4, -0.2) is 67.5 Å². The quantitative estimate of drug-likeness (QED) is 0.382. The lowest BCUT2D eigenvalue weighted by Crippen LogP contribution is -2.48. The highest BCUT2D eigenvalue weighted by Crippen LogP contribution is 2.44. The molecule has 8 nitrogen and oxygen atoms in total. The average Bonchev–Trinajstić information content (AvgIpc) is 3.59. The van der Waals surface area contributed by atoms with Crippen LogP contribution in [0, 0.1) is 18.3 Å². The number of halogens is 2. The van der Waals surface area contributed by atoms with E-state index in [0.717, 1.165) is 80.7 Å². The molecule has 0 atom stereocenters. The Labute approximate surface area is 251 Å². The van der Waals surface area contributed by atoms with E-state index in [0.29, 0.717) is 42.7 Å². The van der Waals surface area contributed by atoms with Crippen molar-refractivity contribution in [1.82, 2.24) is 29.4 Å². The summed E-state index contributed by atoms with van der Waals surface area (Å²) in [6, 6.07) is 4.46. The predicted molar refractivity (Wildman–Crippen MR) is 161 cm³/mol. The molecule has 3 aromatic rings. The van der Waals surface area contributed by atoms with Crippen LogP contribution in [0.2, 0.25) is 0 Å². The van der Waals surface area contributed by atoms with Crippen LogP contribution in [0.3, 0.4) is 0 Å². The van der Waals surface area contributed by atoms with Gasteiger partial charge < -0.3 is 14.7 Å². The van der Waals surface area contributed by atoms with E-state index >= 15 is 0 Å². The van der Waals surface area contributed by atoms with Crippen molar-refractivity contribution in [2.75, 3.05) is 31.1 Å². The van der Waals surface area contributed by atoms with Crippen LogP contribution in [0.25, 0.3) is 11.1 Å². The largest absolute Gasteiger partial charge is 0.338 e. The Morgan fingerprint density at radius 3 is 2.56 bits per heavy atom.